The van der Waals surface area contributed by atoms with E-state index >= 15 is 0 Å². The van der Waals surface area contributed by atoms with Gasteiger partial charge in [-0.2, -0.15) is 4.31 Å². The maximum absolute atomic E-state index is 13.0. The van der Waals surface area contributed by atoms with Gasteiger partial charge in [0.05, 0.1) is 19.8 Å². The molecule has 164 valence electrons. The number of thiazole rings is 1. The first-order chi connectivity index (χ1) is 14.8. The lowest BCUT2D eigenvalue weighted by Crippen LogP contribution is -2.38. The number of thiophene rings is 1. The van der Waals surface area contributed by atoms with Gasteiger partial charge in [-0.05, 0) is 49.2 Å². The molecule has 1 aromatic carbocycles. The predicted octanol–water partition coefficient (Wildman–Crippen LogP) is 5.73. The van der Waals surface area contributed by atoms with Crippen LogP contribution in [-0.4, -0.2) is 36.7 Å². The van der Waals surface area contributed by atoms with Crippen LogP contribution in [-0.2, 0) is 10.0 Å². The highest BCUT2D eigenvalue weighted by Crippen LogP contribution is 2.33. The molecule has 1 fully saturated rings. The van der Waals surface area contributed by atoms with Crippen LogP contribution in [0.5, 0.6) is 0 Å². The first-order valence-electron chi connectivity index (χ1n) is 9.95. The SMILES string of the molecule is CN(C1CCCCC1)S(=O)(=O)c1ccc(C(=O)Nc2nc(-c3ccc(Cl)s3)cs2)cc1. The summed E-state index contributed by atoms with van der Waals surface area (Å²) >= 11 is 8.71. The molecule has 0 aliphatic heterocycles. The van der Waals surface area contributed by atoms with Crippen molar-refractivity contribution in [2.75, 3.05) is 12.4 Å². The molecule has 4 rings (SSSR count). The quantitative estimate of drug-likeness (QED) is 0.473. The minimum atomic E-state index is -3.58. The number of amides is 1. The molecule has 10 heteroatoms. The third-order valence-corrected chi connectivity index (χ3v) is 9.37. The summed E-state index contributed by atoms with van der Waals surface area (Å²) in [5.41, 5.74) is 1.12. The second kappa shape index (κ2) is 9.38. The molecule has 2 aromatic heterocycles. The largest absolute Gasteiger partial charge is 0.298 e. The van der Waals surface area contributed by atoms with E-state index in [1.54, 1.807) is 13.1 Å². The van der Waals surface area contributed by atoms with Crippen molar-refractivity contribution in [3.8, 4) is 10.6 Å². The van der Waals surface area contributed by atoms with Crippen LogP contribution in [0, 0.1) is 0 Å². The molecule has 0 bridgehead atoms. The van der Waals surface area contributed by atoms with Crippen LogP contribution in [0.4, 0.5) is 5.13 Å². The monoisotopic (exact) mass is 495 g/mol. The maximum Gasteiger partial charge on any atom is 0.257 e. The molecule has 6 nitrogen and oxygen atoms in total. The highest BCUT2D eigenvalue weighted by Gasteiger charge is 2.29. The maximum atomic E-state index is 13.0. The molecule has 0 unspecified atom stereocenters. The minimum Gasteiger partial charge on any atom is -0.298 e. The number of carbonyl (C=O) groups excluding carboxylic acids is 1. The molecule has 0 atom stereocenters. The van der Waals surface area contributed by atoms with Crippen molar-refractivity contribution in [3.05, 3.63) is 51.7 Å². The lowest BCUT2D eigenvalue weighted by atomic mass is 9.96. The van der Waals surface area contributed by atoms with Crippen LogP contribution < -0.4 is 5.32 Å². The summed E-state index contributed by atoms with van der Waals surface area (Å²) in [4.78, 5) is 18.1. The minimum absolute atomic E-state index is 0.0408. The number of nitrogens with zero attached hydrogens (tertiary/aromatic N) is 2. The van der Waals surface area contributed by atoms with E-state index < -0.39 is 10.0 Å². The van der Waals surface area contributed by atoms with E-state index in [4.69, 9.17) is 11.6 Å². The van der Waals surface area contributed by atoms with Crippen LogP contribution in [0.25, 0.3) is 10.6 Å². The summed E-state index contributed by atoms with van der Waals surface area (Å²) in [6.07, 6.45) is 5.06. The van der Waals surface area contributed by atoms with Crippen molar-refractivity contribution in [2.24, 2.45) is 0 Å². The van der Waals surface area contributed by atoms with Crippen LogP contribution in [0.3, 0.4) is 0 Å². The van der Waals surface area contributed by atoms with Gasteiger partial charge in [-0.3, -0.25) is 10.1 Å². The van der Waals surface area contributed by atoms with Crippen molar-refractivity contribution < 1.29 is 13.2 Å². The fourth-order valence-electron chi connectivity index (χ4n) is 3.65. The van der Waals surface area contributed by atoms with Gasteiger partial charge in [0.2, 0.25) is 10.0 Å². The Bertz CT molecular complexity index is 1170. The summed E-state index contributed by atoms with van der Waals surface area (Å²) in [6, 6.07) is 9.78. The number of anilines is 1. The van der Waals surface area contributed by atoms with E-state index in [0.29, 0.717) is 15.0 Å². The highest BCUT2D eigenvalue weighted by molar-refractivity contribution is 7.89. The van der Waals surface area contributed by atoms with Gasteiger partial charge in [0.15, 0.2) is 5.13 Å². The van der Waals surface area contributed by atoms with Crippen molar-refractivity contribution in [2.45, 2.75) is 43.0 Å². The van der Waals surface area contributed by atoms with Crippen molar-refractivity contribution in [1.29, 1.82) is 0 Å². The van der Waals surface area contributed by atoms with E-state index in [-0.39, 0.29) is 16.8 Å². The van der Waals surface area contributed by atoms with Crippen molar-refractivity contribution in [3.63, 3.8) is 0 Å². The van der Waals surface area contributed by atoms with Gasteiger partial charge in [-0.1, -0.05) is 30.9 Å². The standard InChI is InChI=1S/C21H22ClN3O3S3/c1-25(15-5-3-2-4-6-15)31(27,28)16-9-7-14(8-10-16)20(26)24-21-23-17(13-29-21)18-11-12-19(22)30-18/h7-13,15H,2-6H2,1H3,(H,23,24,26). The number of benzene rings is 1. The Morgan fingerprint density at radius 1 is 1.13 bits per heavy atom. The molecular weight excluding hydrogens is 474 g/mol. The average molecular weight is 496 g/mol. The summed E-state index contributed by atoms with van der Waals surface area (Å²) in [5.74, 6) is -0.338. The normalized spacial score (nSPS) is 15.3. The number of aromatic nitrogens is 1. The third-order valence-electron chi connectivity index (χ3n) is 5.43. The molecule has 1 N–H and O–H groups in total. The van der Waals surface area contributed by atoms with Gasteiger partial charge in [0, 0.05) is 24.0 Å². The molecule has 31 heavy (non-hydrogen) atoms. The van der Waals surface area contributed by atoms with Gasteiger partial charge >= 0.3 is 0 Å². The molecule has 0 saturated heterocycles. The van der Waals surface area contributed by atoms with E-state index in [1.165, 1.54) is 51.2 Å². The van der Waals surface area contributed by atoms with Crippen LogP contribution in [0.1, 0.15) is 42.5 Å². The predicted molar refractivity (Wildman–Crippen MR) is 127 cm³/mol. The summed E-state index contributed by atoms with van der Waals surface area (Å²) in [5, 5.41) is 5.09. The van der Waals surface area contributed by atoms with Gasteiger partial charge in [0.1, 0.15) is 0 Å². The van der Waals surface area contributed by atoms with E-state index in [9.17, 15) is 13.2 Å². The zero-order valence-electron chi connectivity index (χ0n) is 16.9. The number of halogens is 1. The Balaban J connectivity index is 1.44. The summed E-state index contributed by atoms with van der Waals surface area (Å²) in [6.45, 7) is 0. The molecule has 2 heterocycles. The lowest BCUT2D eigenvalue weighted by molar-refractivity contribution is 0.102. The Hall–Kier alpha value is -1.78. The number of nitrogens with one attached hydrogen (secondary N) is 1. The van der Waals surface area contributed by atoms with E-state index in [1.807, 2.05) is 11.4 Å². The zero-order chi connectivity index (χ0) is 22.0. The van der Waals surface area contributed by atoms with Gasteiger partial charge < -0.3 is 0 Å². The van der Waals surface area contributed by atoms with Gasteiger partial charge in [0.25, 0.3) is 5.91 Å². The first kappa shape index (κ1) is 22.4. The van der Waals surface area contributed by atoms with Crippen LogP contribution in [0.15, 0.2) is 46.7 Å². The third kappa shape index (κ3) is 5.01. The van der Waals surface area contributed by atoms with Crippen molar-refractivity contribution >= 4 is 55.3 Å². The second-order valence-corrected chi connectivity index (χ2v) is 12.0. The number of rotatable bonds is 6. The number of sulfonamides is 1. The summed E-state index contributed by atoms with van der Waals surface area (Å²) in [7, 11) is -1.94. The Morgan fingerprint density at radius 3 is 2.48 bits per heavy atom. The Kier molecular flexibility index (Phi) is 6.78. The van der Waals surface area contributed by atoms with Gasteiger partial charge in [-0.15, -0.1) is 22.7 Å². The van der Waals surface area contributed by atoms with E-state index in [2.05, 4.69) is 10.3 Å². The zero-order valence-corrected chi connectivity index (χ0v) is 20.1. The first-order valence-corrected chi connectivity index (χ1v) is 13.5. The smallest absolute Gasteiger partial charge is 0.257 e. The average Bonchev–Trinajstić information content (AvgIpc) is 3.42. The Labute approximate surface area is 194 Å². The topological polar surface area (TPSA) is 79.4 Å². The summed E-state index contributed by atoms with van der Waals surface area (Å²) < 4.78 is 28.1. The van der Waals surface area contributed by atoms with Crippen molar-refractivity contribution in [1.82, 2.24) is 9.29 Å². The number of carbonyl (C=O) groups is 1. The molecule has 0 radical (unpaired) electrons. The molecule has 0 spiro atoms. The molecule has 1 amide bonds. The molecule has 1 aliphatic carbocycles. The fraction of sp³-hybridized carbons (Fsp3) is 0.333. The highest BCUT2D eigenvalue weighted by atomic mass is 35.5. The molecule has 3 aromatic rings. The lowest BCUT2D eigenvalue weighted by Gasteiger charge is -2.30. The number of hydrogen-bond acceptors (Lipinski definition) is 6. The van der Waals surface area contributed by atoms with Gasteiger partial charge in [-0.25, -0.2) is 13.4 Å². The number of hydrogen-bond donors (Lipinski definition) is 1. The van der Waals surface area contributed by atoms with Crippen LogP contribution in [0.2, 0.25) is 4.34 Å². The second-order valence-electron chi connectivity index (χ2n) is 7.43. The Morgan fingerprint density at radius 2 is 1.84 bits per heavy atom. The molecule has 1 saturated carbocycles. The fourth-order valence-corrected chi connectivity index (χ4v) is 6.85. The van der Waals surface area contributed by atoms with Crippen LogP contribution >= 0.6 is 34.3 Å². The van der Waals surface area contributed by atoms with E-state index in [0.717, 1.165) is 42.7 Å². The molecule has 1 aliphatic rings. The molecular formula is C21H22ClN3O3S3.